The molecule has 1 aromatic rings. The van der Waals surface area contributed by atoms with Gasteiger partial charge in [-0.15, -0.1) is 0 Å². The average molecular weight is 272 g/mol. The van der Waals surface area contributed by atoms with Gasteiger partial charge in [0.15, 0.2) is 0 Å². The summed E-state index contributed by atoms with van der Waals surface area (Å²) in [6, 6.07) is 8.82. The van der Waals surface area contributed by atoms with E-state index in [0.29, 0.717) is 5.92 Å². The highest BCUT2D eigenvalue weighted by atomic mass is 16.3. The van der Waals surface area contributed by atoms with Gasteiger partial charge in [-0.3, -0.25) is 0 Å². The van der Waals surface area contributed by atoms with Crippen LogP contribution in [0.4, 0.5) is 0 Å². The average Bonchev–Trinajstić information content (AvgIpc) is 2.23. The Hall–Kier alpha value is -0.820. The van der Waals surface area contributed by atoms with Crippen LogP contribution in [0.25, 0.3) is 0 Å². The van der Waals surface area contributed by atoms with Crippen molar-refractivity contribution < 1.29 is 5.11 Å². The summed E-state index contributed by atoms with van der Waals surface area (Å²) in [6.45, 7) is 6.87. The molecule has 0 spiro atoms. The monoisotopic (exact) mass is 272 g/mol. The summed E-state index contributed by atoms with van der Waals surface area (Å²) < 4.78 is 0. The second-order valence-electron chi connectivity index (χ2n) is 8.14. The third-order valence-electron chi connectivity index (χ3n) is 5.36. The minimum atomic E-state index is -0.624. The van der Waals surface area contributed by atoms with E-state index in [2.05, 4.69) is 45.0 Å². The largest absolute Gasteiger partial charge is 0.385 e. The molecule has 2 saturated carbocycles. The van der Waals surface area contributed by atoms with Gasteiger partial charge < -0.3 is 5.11 Å². The first-order chi connectivity index (χ1) is 9.38. The van der Waals surface area contributed by atoms with Crippen LogP contribution in [0, 0.1) is 11.3 Å². The number of benzene rings is 1. The zero-order valence-corrected chi connectivity index (χ0v) is 13.2. The number of rotatable bonds is 2. The van der Waals surface area contributed by atoms with Crippen molar-refractivity contribution in [3.8, 4) is 0 Å². The van der Waals surface area contributed by atoms with Crippen molar-refractivity contribution in [1.29, 1.82) is 0 Å². The van der Waals surface area contributed by atoms with E-state index in [1.54, 1.807) is 0 Å². The molecule has 0 radical (unpaired) electrons. The van der Waals surface area contributed by atoms with Crippen LogP contribution in [-0.4, -0.2) is 5.11 Å². The van der Waals surface area contributed by atoms with E-state index >= 15 is 0 Å². The molecule has 0 heterocycles. The highest BCUT2D eigenvalue weighted by Crippen LogP contribution is 2.49. The van der Waals surface area contributed by atoms with Gasteiger partial charge in [0.25, 0.3) is 0 Å². The minimum absolute atomic E-state index is 0.235. The molecule has 0 saturated heterocycles. The third-order valence-corrected chi connectivity index (χ3v) is 5.36. The van der Waals surface area contributed by atoms with Crippen LogP contribution in [0.5, 0.6) is 0 Å². The van der Waals surface area contributed by atoms with Gasteiger partial charge in [0.1, 0.15) is 0 Å². The molecular formula is C19H28O. The minimum Gasteiger partial charge on any atom is -0.385 e. The molecule has 3 rings (SSSR count). The Kier molecular flexibility index (Phi) is 3.44. The summed E-state index contributed by atoms with van der Waals surface area (Å²) in [4.78, 5) is 0. The first-order valence-corrected chi connectivity index (χ1v) is 8.21. The summed E-state index contributed by atoms with van der Waals surface area (Å²) in [5, 5.41) is 11.2. The van der Waals surface area contributed by atoms with Gasteiger partial charge in [-0.1, -0.05) is 51.5 Å². The van der Waals surface area contributed by atoms with Gasteiger partial charge in [-0.2, -0.15) is 0 Å². The van der Waals surface area contributed by atoms with Crippen LogP contribution in [0.2, 0.25) is 0 Å². The summed E-state index contributed by atoms with van der Waals surface area (Å²) in [5.74, 6) is 1.34. The standard InChI is InChI=1S/C19H28O/c1-14-11-18(2,3)13-19(20,12-14)17-9-5-8-16(10-17)15-6-4-7-15/h5,8-10,14-15,20H,4,6-7,11-13H2,1-3H3. The van der Waals surface area contributed by atoms with E-state index < -0.39 is 5.60 Å². The van der Waals surface area contributed by atoms with E-state index in [0.717, 1.165) is 24.3 Å². The van der Waals surface area contributed by atoms with Crippen LogP contribution in [0.3, 0.4) is 0 Å². The Balaban J connectivity index is 1.90. The lowest BCUT2D eigenvalue weighted by molar-refractivity contribution is -0.0635. The van der Waals surface area contributed by atoms with Crippen LogP contribution in [0.1, 0.15) is 76.3 Å². The zero-order chi connectivity index (χ0) is 14.4. The van der Waals surface area contributed by atoms with Gasteiger partial charge >= 0.3 is 0 Å². The van der Waals surface area contributed by atoms with Crippen molar-refractivity contribution >= 4 is 0 Å². The Morgan fingerprint density at radius 3 is 2.50 bits per heavy atom. The predicted octanol–water partition coefficient (Wildman–Crippen LogP) is 4.99. The van der Waals surface area contributed by atoms with E-state index in [1.165, 1.54) is 31.2 Å². The third kappa shape index (κ3) is 2.65. The lowest BCUT2D eigenvalue weighted by atomic mass is 9.63. The second kappa shape index (κ2) is 4.87. The summed E-state index contributed by atoms with van der Waals surface area (Å²) in [7, 11) is 0. The van der Waals surface area contributed by atoms with E-state index in [-0.39, 0.29) is 5.41 Å². The number of hydrogen-bond acceptors (Lipinski definition) is 1. The van der Waals surface area contributed by atoms with Crippen LogP contribution in [-0.2, 0) is 5.60 Å². The molecule has 1 N–H and O–H groups in total. The molecule has 1 heteroatoms. The molecule has 0 aromatic heterocycles. The number of hydrogen-bond donors (Lipinski definition) is 1. The Bertz CT molecular complexity index is 486. The van der Waals surface area contributed by atoms with Gasteiger partial charge in [0, 0.05) is 0 Å². The topological polar surface area (TPSA) is 20.2 Å². The lowest BCUT2D eigenvalue weighted by Gasteiger charge is -2.45. The molecule has 20 heavy (non-hydrogen) atoms. The van der Waals surface area contributed by atoms with Gasteiger partial charge in [-0.25, -0.2) is 0 Å². The fourth-order valence-corrected chi connectivity index (χ4v) is 4.57. The molecule has 1 nitrogen and oxygen atoms in total. The molecule has 2 unspecified atom stereocenters. The maximum Gasteiger partial charge on any atom is 0.0904 e. The van der Waals surface area contributed by atoms with Crippen molar-refractivity contribution in [1.82, 2.24) is 0 Å². The first kappa shape index (κ1) is 14.1. The van der Waals surface area contributed by atoms with Crippen molar-refractivity contribution in [2.75, 3.05) is 0 Å². The van der Waals surface area contributed by atoms with Crippen LogP contribution < -0.4 is 0 Å². The maximum absolute atomic E-state index is 11.2. The summed E-state index contributed by atoms with van der Waals surface area (Å²) in [5.41, 5.74) is 2.21. The molecule has 0 amide bonds. The predicted molar refractivity (Wildman–Crippen MR) is 83.7 cm³/mol. The number of aliphatic hydroxyl groups is 1. The summed E-state index contributed by atoms with van der Waals surface area (Å²) in [6.07, 6.45) is 7.03. The van der Waals surface area contributed by atoms with Crippen molar-refractivity contribution in [2.45, 2.75) is 70.8 Å². The molecule has 110 valence electrons. The van der Waals surface area contributed by atoms with Crippen LogP contribution in [0.15, 0.2) is 24.3 Å². The highest BCUT2D eigenvalue weighted by Gasteiger charge is 2.42. The van der Waals surface area contributed by atoms with Gasteiger partial charge in [0.05, 0.1) is 5.60 Å². The Labute approximate surface area is 123 Å². The van der Waals surface area contributed by atoms with Crippen LogP contribution >= 0.6 is 0 Å². The SMILES string of the molecule is CC1CC(C)(C)CC(O)(c2cccc(C3CCC3)c2)C1. The van der Waals surface area contributed by atoms with E-state index in [9.17, 15) is 5.11 Å². The zero-order valence-electron chi connectivity index (χ0n) is 13.2. The molecule has 1 aromatic carbocycles. The molecule has 2 atom stereocenters. The maximum atomic E-state index is 11.2. The van der Waals surface area contributed by atoms with Gasteiger partial charge in [-0.05, 0) is 60.5 Å². The van der Waals surface area contributed by atoms with Crippen molar-refractivity contribution in [3.05, 3.63) is 35.4 Å². The fraction of sp³-hybridized carbons (Fsp3) is 0.684. The Morgan fingerprint density at radius 2 is 1.90 bits per heavy atom. The van der Waals surface area contributed by atoms with Gasteiger partial charge in [0.2, 0.25) is 0 Å². The molecule has 0 aliphatic heterocycles. The quantitative estimate of drug-likeness (QED) is 0.804. The lowest BCUT2D eigenvalue weighted by Crippen LogP contribution is -2.40. The smallest absolute Gasteiger partial charge is 0.0904 e. The molecule has 2 fully saturated rings. The van der Waals surface area contributed by atoms with Crippen molar-refractivity contribution in [2.24, 2.45) is 11.3 Å². The Morgan fingerprint density at radius 1 is 1.15 bits per heavy atom. The molecular weight excluding hydrogens is 244 g/mol. The summed E-state index contributed by atoms with van der Waals surface area (Å²) >= 11 is 0. The van der Waals surface area contributed by atoms with E-state index in [4.69, 9.17) is 0 Å². The first-order valence-electron chi connectivity index (χ1n) is 8.21. The fourth-order valence-electron chi connectivity index (χ4n) is 4.57. The second-order valence-corrected chi connectivity index (χ2v) is 8.14. The van der Waals surface area contributed by atoms with E-state index in [1.807, 2.05) is 0 Å². The molecule has 2 aliphatic rings. The van der Waals surface area contributed by atoms with Crippen molar-refractivity contribution in [3.63, 3.8) is 0 Å². The highest BCUT2D eigenvalue weighted by molar-refractivity contribution is 5.32. The molecule has 2 aliphatic carbocycles. The molecule has 0 bridgehead atoms. The normalized spacial score (nSPS) is 33.7.